The van der Waals surface area contributed by atoms with Crippen molar-refractivity contribution in [1.82, 2.24) is 4.98 Å². The largest absolute Gasteiger partial charge is 0.453 e. The Bertz CT molecular complexity index is 635. The molecule has 4 atom stereocenters. The number of rotatable bonds is 6. The monoisotopic (exact) mass is 392 g/mol. The molecule has 3 rings (SSSR count). The fraction of sp³-hybridized carbons (Fsp3) is 0.571. The highest BCUT2D eigenvalue weighted by atomic mass is 35.5. The average molecular weight is 393 g/mol. The second kappa shape index (κ2) is 8.65. The maximum Gasteiger partial charge on any atom is 0.341 e. The van der Waals surface area contributed by atoms with Gasteiger partial charge in [-0.1, -0.05) is 6.92 Å². The Morgan fingerprint density at radius 3 is 2.76 bits per heavy atom. The van der Waals surface area contributed by atoms with Gasteiger partial charge in [0.05, 0.1) is 18.8 Å². The molecule has 0 aliphatic carbocycles. The first-order valence-corrected chi connectivity index (χ1v) is 8.42. The predicted molar refractivity (Wildman–Crippen MR) is 88.4 cm³/mol. The lowest BCUT2D eigenvalue weighted by atomic mass is 10.1. The van der Waals surface area contributed by atoms with E-state index in [4.69, 9.17) is 14.2 Å². The normalized spacial score (nSPS) is 27.2. The van der Waals surface area contributed by atoms with E-state index in [1.807, 2.05) is 6.92 Å². The van der Waals surface area contributed by atoms with E-state index in [-0.39, 0.29) is 25.6 Å². The minimum Gasteiger partial charge on any atom is -0.453 e. The molecule has 0 N–H and O–H groups in total. The van der Waals surface area contributed by atoms with Crippen LogP contribution in [0.3, 0.4) is 0 Å². The quantitative estimate of drug-likeness (QED) is 0.308. The number of thioether (sulfide) groups is 1. The zero-order valence-corrected chi connectivity index (χ0v) is 14.9. The van der Waals surface area contributed by atoms with Gasteiger partial charge in [0.2, 0.25) is 0 Å². The molecule has 9 nitrogen and oxygen atoms in total. The number of aromatic nitrogens is 1. The Morgan fingerprint density at radius 1 is 1.40 bits per heavy atom. The van der Waals surface area contributed by atoms with E-state index in [9.17, 15) is 14.9 Å². The zero-order valence-electron chi connectivity index (χ0n) is 13.2. The van der Waals surface area contributed by atoms with Crippen molar-refractivity contribution < 1.29 is 28.9 Å². The Hall–Kier alpha value is -1.62. The highest BCUT2D eigenvalue weighted by molar-refractivity contribution is 7.99. The van der Waals surface area contributed by atoms with Gasteiger partial charge in [-0.25, -0.2) is 9.78 Å². The standard InChI is InChI=1S/C14H16N2O7S.ClH/c1-2-24-13-8(4-3-5-15-13)14(17)22-9-6-20-12-10(23-16(18)19)7-21-11(9)12;/h3-5,9-12H,2,6-7H2,1H3;1H/t9-,10+,11+,12+;/m0./s1. The van der Waals surface area contributed by atoms with Gasteiger partial charge in [-0.2, -0.15) is 0 Å². The lowest BCUT2D eigenvalue weighted by Gasteiger charge is -2.17. The molecule has 1 aromatic heterocycles. The molecular formula is C14H17ClN2O7S. The summed E-state index contributed by atoms with van der Waals surface area (Å²) in [7, 11) is 0. The number of ether oxygens (including phenoxy) is 3. The van der Waals surface area contributed by atoms with Crippen LogP contribution in [0, 0.1) is 10.1 Å². The Morgan fingerprint density at radius 2 is 2.08 bits per heavy atom. The number of fused-ring (bicyclic) bond motifs is 1. The van der Waals surface area contributed by atoms with Crippen molar-refractivity contribution in [3.63, 3.8) is 0 Å². The van der Waals surface area contributed by atoms with Gasteiger partial charge in [-0.05, 0) is 17.9 Å². The molecule has 0 bridgehead atoms. The van der Waals surface area contributed by atoms with E-state index in [0.717, 1.165) is 5.75 Å². The average Bonchev–Trinajstić information content (AvgIpc) is 3.12. The lowest BCUT2D eigenvalue weighted by Crippen LogP contribution is -2.35. The van der Waals surface area contributed by atoms with Crippen LogP contribution in [0.2, 0.25) is 0 Å². The first-order valence-electron chi connectivity index (χ1n) is 7.43. The molecule has 2 aliphatic heterocycles. The number of esters is 1. The van der Waals surface area contributed by atoms with E-state index in [1.54, 1.807) is 18.3 Å². The molecule has 0 radical (unpaired) electrons. The van der Waals surface area contributed by atoms with Crippen LogP contribution in [0.25, 0.3) is 0 Å². The third-order valence-electron chi connectivity index (χ3n) is 3.71. The zero-order chi connectivity index (χ0) is 17.1. The molecule has 0 unspecified atom stereocenters. The number of pyridine rings is 1. The molecule has 0 aromatic carbocycles. The maximum atomic E-state index is 12.4. The summed E-state index contributed by atoms with van der Waals surface area (Å²) in [5.74, 6) is 0.257. The summed E-state index contributed by atoms with van der Waals surface area (Å²) < 4.78 is 16.4. The van der Waals surface area contributed by atoms with Crippen LogP contribution < -0.4 is 0 Å². The number of carbonyl (C=O) groups is 1. The third-order valence-corrected chi connectivity index (χ3v) is 4.60. The van der Waals surface area contributed by atoms with Crippen LogP contribution in [-0.4, -0.2) is 59.4 Å². The van der Waals surface area contributed by atoms with Gasteiger partial charge in [-0.3, -0.25) is 0 Å². The molecular weight excluding hydrogens is 376 g/mol. The molecule has 0 spiro atoms. The Kier molecular flexibility index (Phi) is 6.82. The molecule has 0 saturated carbocycles. The van der Waals surface area contributed by atoms with E-state index in [0.29, 0.717) is 10.6 Å². The van der Waals surface area contributed by atoms with E-state index in [2.05, 4.69) is 9.82 Å². The summed E-state index contributed by atoms with van der Waals surface area (Å²) in [6.07, 6.45) is -1.02. The minimum absolute atomic E-state index is 0. The van der Waals surface area contributed by atoms with Crippen molar-refractivity contribution in [3.8, 4) is 0 Å². The fourth-order valence-corrected chi connectivity index (χ4v) is 3.45. The molecule has 25 heavy (non-hydrogen) atoms. The summed E-state index contributed by atoms with van der Waals surface area (Å²) in [5.41, 5.74) is 0.379. The molecule has 2 aliphatic rings. The number of halogens is 1. The first kappa shape index (κ1) is 19.7. The Balaban J connectivity index is 0.00000225. The first-order chi connectivity index (χ1) is 11.6. The highest BCUT2D eigenvalue weighted by Gasteiger charge is 2.51. The number of hydrogen-bond acceptors (Lipinski definition) is 9. The second-order valence-electron chi connectivity index (χ2n) is 5.20. The van der Waals surface area contributed by atoms with Gasteiger partial charge in [0.25, 0.3) is 5.09 Å². The van der Waals surface area contributed by atoms with Crippen molar-refractivity contribution in [2.45, 2.75) is 36.4 Å². The molecule has 138 valence electrons. The van der Waals surface area contributed by atoms with Crippen LogP contribution in [0.4, 0.5) is 0 Å². The maximum absolute atomic E-state index is 12.4. The van der Waals surface area contributed by atoms with Crippen molar-refractivity contribution in [2.24, 2.45) is 0 Å². The van der Waals surface area contributed by atoms with Gasteiger partial charge in [0.15, 0.2) is 12.2 Å². The fourth-order valence-electron chi connectivity index (χ4n) is 2.73. The van der Waals surface area contributed by atoms with Gasteiger partial charge in [-0.15, -0.1) is 34.3 Å². The van der Waals surface area contributed by atoms with Crippen molar-refractivity contribution >= 4 is 30.1 Å². The minimum atomic E-state index is -0.872. The molecule has 0 amide bonds. The second-order valence-corrected chi connectivity index (χ2v) is 6.45. The summed E-state index contributed by atoms with van der Waals surface area (Å²) >= 11 is 1.45. The van der Waals surface area contributed by atoms with Crippen molar-refractivity contribution in [3.05, 3.63) is 34.0 Å². The van der Waals surface area contributed by atoms with Gasteiger partial charge < -0.3 is 19.0 Å². The summed E-state index contributed by atoms with van der Waals surface area (Å²) in [6.45, 7) is 2.09. The molecule has 11 heteroatoms. The van der Waals surface area contributed by atoms with Crippen LogP contribution in [0.1, 0.15) is 17.3 Å². The number of nitrogens with zero attached hydrogens (tertiary/aromatic N) is 2. The molecule has 2 fully saturated rings. The third kappa shape index (κ3) is 4.32. The summed E-state index contributed by atoms with van der Waals surface area (Å²) in [5, 5.41) is 10.2. The highest BCUT2D eigenvalue weighted by Crippen LogP contribution is 2.31. The Labute approximate surface area is 153 Å². The number of carbonyl (C=O) groups excluding carboxylic acids is 1. The van der Waals surface area contributed by atoms with Gasteiger partial charge in [0.1, 0.15) is 17.2 Å². The van der Waals surface area contributed by atoms with Crippen LogP contribution >= 0.6 is 24.2 Å². The van der Waals surface area contributed by atoms with Crippen LogP contribution in [0.5, 0.6) is 0 Å². The van der Waals surface area contributed by atoms with Crippen LogP contribution in [-0.2, 0) is 19.0 Å². The van der Waals surface area contributed by atoms with Crippen molar-refractivity contribution in [1.29, 1.82) is 0 Å². The number of hydrogen-bond donors (Lipinski definition) is 0. The van der Waals surface area contributed by atoms with Gasteiger partial charge in [0, 0.05) is 6.20 Å². The van der Waals surface area contributed by atoms with Crippen LogP contribution in [0.15, 0.2) is 23.4 Å². The SMILES string of the molecule is CCSc1ncccc1C(=O)O[C@H]1CO[C@H]2[C@@H]1OC[C@H]2O[N+](=O)[O-].Cl. The summed E-state index contributed by atoms with van der Waals surface area (Å²) in [6, 6.07) is 3.31. The molecule has 3 heterocycles. The van der Waals surface area contributed by atoms with Crippen molar-refractivity contribution in [2.75, 3.05) is 19.0 Å². The predicted octanol–water partition coefficient (Wildman–Crippen LogP) is 1.52. The summed E-state index contributed by atoms with van der Waals surface area (Å²) in [4.78, 5) is 31.6. The van der Waals surface area contributed by atoms with E-state index in [1.165, 1.54) is 11.8 Å². The van der Waals surface area contributed by atoms with E-state index < -0.39 is 35.5 Å². The topological polar surface area (TPSA) is 110 Å². The molecule has 1 aromatic rings. The molecule has 2 saturated heterocycles. The van der Waals surface area contributed by atoms with Gasteiger partial charge >= 0.3 is 5.97 Å². The van der Waals surface area contributed by atoms with E-state index >= 15 is 0 Å². The lowest BCUT2D eigenvalue weighted by molar-refractivity contribution is -0.769. The smallest absolute Gasteiger partial charge is 0.341 e.